The van der Waals surface area contributed by atoms with E-state index in [0.717, 1.165) is 10.4 Å². The van der Waals surface area contributed by atoms with Crippen LogP contribution in [0.5, 0.6) is 5.75 Å². The Kier molecular flexibility index (Phi) is 2.11. The van der Waals surface area contributed by atoms with Gasteiger partial charge in [-0.3, -0.25) is 0 Å². The lowest BCUT2D eigenvalue weighted by Crippen LogP contribution is -2.45. The van der Waals surface area contributed by atoms with E-state index in [1.54, 1.807) is 13.3 Å². The quantitative estimate of drug-likeness (QED) is 0.410. The van der Waals surface area contributed by atoms with Gasteiger partial charge in [0.25, 0.3) is 4.60 Å². The van der Waals surface area contributed by atoms with Gasteiger partial charge >= 0.3 is 0 Å². The minimum absolute atomic E-state index is 0.741. The fourth-order valence-electron chi connectivity index (χ4n) is 0.599. The Morgan fingerprint density at radius 1 is 1.60 bits per heavy atom. The van der Waals surface area contributed by atoms with Crippen LogP contribution in [0.15, 0.2) is 22.9 Å². The van der Waals surface area contributed by atoms with Crippen LogP contribution in [0.1, 0.15) is 0 Å². The molecule has 0 amide bonds. The number of nitrogens with zero attached hydrogens (tertiary/aromatic N) is 1. The van der Waals surface area contributed by atoms with Crippen molar-refractivity contribution in [1.29, 1.82) is 0 Å². The van der Waals surface area contributed by atoms with Gasteiger partial charge in [-0.25, -0.2) is 5.84 Å². The van der Waals surface area contributed by atoms with Crippen LogP contribution < -0.4 is 15.3 Å². The molecule has 1 rings (SSSR count). The van der Waals surface area contributed by atoms with Crippen molar-refractivity contribution in [3.63, 3.8) is 0 Å². The molecule has 3 nitrogen and oxygen atoms in total. The number of ether oxygens (including phenoxy) is 1. The molecular formula is C6H8BrN2O+. The van der Waals surface area contributed by atoms with E-state index in [9.17, 15) is 0 Å². The van der Waals surface area contributed by atoms with Crippen molar-refractivity contribution in [2.45, 2.75) is 0 Å². The van der Waals surface area contributed by atoms with Gasteiger partial charge in [0.05, 0.1) is 7.11 Å². The van der Waals surface area contributed by atoms with E-state index >= 15 is 0 Å². The molecule has 0 unspecified atom stereocenters. The number of hydrogen-bond acceptors (Lipinski definition) is 2. The number of methoxy groups -OCH3 is 1. The molecule has 0 bridgehead atoms. The summed E-state index contributed by atoms with van der Waals surface area (Å²) in [5, 5.41) is 0. The van der Waals surface area contributed by atoms with E-state index < -0.39 is 0 Å². The largest absolute Gasteiger partial charge is 0.491 e. The van der Waals surface area contributed by atoms with Crippen molar-refractivity contribution in [3.8, 4) is 5.75 Å². The first-order valence-electron chi connectivity index (χ1n) is 2.74. The molecule has 0 aliphatic rings. The van der Waals surface area contributed by atoms with Crippen LogP contribution in [-0.4, -0.2) is 7.11 Å². The summed E-state index contributed by atoms with van der Waals surface area (Å²) < 4.78 is 7.18. The van der Waals surface area contributed by atoms with E-state index in [4.69, 9.17) is 10.6 Å². The van der Waals surface area contributed by atoms with E-state index in [1.807, 2.05) is 12.1 Å². The summed E-state index contributed by atoms with van der Waals surface area (Å²) in [6, 6.07) is 3.65. The highest BCUT2D eigenvalue weighted by atomic mass is 79.9. The SMILES string of the molecule is COc1ccc(Br)[n+](N)c1. The summed E-state index contributed by atoms with van der Waals surface area (Å²) in [7, 11) is 1.60. The third-order valence-corrected chi connectivity index (χ3v) is 1.81. The van der Waals surface area contributed by atoms with Gasteiger partial charge in [-0.1, -0.05) is 4.68 Å². The van der Waals surface area contributed by atoms with Crippen LogP contribution in [0, 0.1) is 0 Å². The molecule has 0 spiro atoms. The molecule has 0 aromatic carbocycles. The van der Waals surface area contributed by atoms with Crippen LogP contribution >= 0.6 is 15.9 Å². The summed E-state index contributed by atoms with van der Waals surface area (Å²) in [5.41, 5.74) is 0. The lowest BCUT2D eigenvalue weighted by molar-refractivity contribution is -0.650. The van der Waals surface area contributed by atoms with Crippen molar-refractivity contribution in [2.24, 2.45) is 0 Å². The van der Waals surface area contributed by atoms with Crippen LogP contribution in [0.4, 0.5) is 0 Å². The minimum atomic E-state index is 0.741. The standard InChI is InChI=1S/C6H8BrN2O/c1-10-5-2-3-6(7)9(8)4-5/h2-4H,8H2,1H3/q+1. The molecule has 1 heterocycles. The number of hydrogen-bond donors (Lipinski definition) is 1. The van der Waals surface area contributed by atoms with Gasteiger partial charge in [0.15, 0.2) is 5.75 Å². The minimum Gasteiger partial charge on any atom is -0.491 e. The lowest BCUT2D eigenvalue weighted by atomic mass is 10.5. The smallest absolute Gasteiger partial charge is 0.277 e. The van der Waals surface area contributed by atoms with Crippen molar-refractivity contribution >= 4 is 15.9 Å². The molecule has 4 heteroatoms. The van der Waals surface area contributed by atoms with Crippen LogP contribution in [0.25, 0.3) is 0 Å². The van der Waals surface area contributed by atoms with Crippen molar-refractivity contribution in [3.05, 3.63) is 22.9 Å². The monoisotopic (exact) mass is 203 g/mol. The van der Waals surface area contributed by atoms with Crippen molar-refractivity contribution in [1.82, 2.24) is 0 Å². The molecule has 0 atom stereocenters. The van der Waals surface area contributed by atoms with E-state index in [1.165, 1.54) is 4.68 Å². The molecule has 0 radical (unpaired) electrons. The summed E-state index contributed by atoms with van der Waals surface area (Å²) in [4.78, 5) is 0. The zero-order chi connectivity index (χ0) is 7.56. The molecule has 1 aromatic heterocycles. The normalized spacial score (nSPS) is 9.40. The maximum Gasteiger partial charge on any atom is 0.277 e. The first-order valence-corrected chi connectivity index (χ1v) is 3.53. The molecule has 0 aliphatic heterocycles. The topological polar surface area (TPSA) is 39.1 Å². The van der Waals surface area contributed by atoms with Gasteiger partial charge in [0.1, 0.15) is 0 Å². The van der Waals surface area contributed by atoms with Gasteiger partial charge in [0.2, 0.25) is 6.20 Å². The zero-order valence-corrected chi connectivity index (χ0v) is 7.13. The molecule has 0 fully saturated rings. The summed E-state index contributed by atoms with van der Waals surface area (Å²) in [6.45, 7) is 0. The molecule has 0 saturated heterocycles. The van der Waals surface area contributed by atoms with Crippen molar-refractivity contribution in [2.75, 3.05) is 13.0 Å². The average molecular weight is 204 g/mol. The highest BCUT2D eigenvalue weighted by molar-refractivity contribution is 9.10. The number of rotatable bonds is 1. The lowest BCUT2D eigenvalue weighted by Gasteiger charge is -1.95. The molecule has 2 N–H and O–H groups in total. The van der Waals surface area contributed by atoms with Gasteiger partial charge in [-0.05, 0) is 6.07 Å². The number of pyridine rings is 1. The Morgan fingerprint density at radius 2 is 2.30 bits per heavy atom. The molecule has 10 heavy (non-hydrogen) atoms. The second-order valence-corrected chi connectivity index (χ2v) is 2.61. The van der Waals surface area contributed by atoms with Gasteiger partial charge in [0, 0.05) is 22.0 Å². The van der Waals surface area contributed by atoms with Crippen LogP contribution in [-0.2, 0) is 0 Å². The first-order chi connectivity index (χ1) is 4.74. The van der Waals surface area contributed by atoms with Crippen LogP contribution in [0.2, 0.25) is 0 Å². The maximum atomic E-state index is 5.49. The number of halogens is 1. The molecule has 0 aliphatic carbocycles. The second-order valence-electron chi connectivity index (χ2n) is 1.80. The second kappa shape index (κ2) is 2.88. The Bertz CT molecular complexity index is 239. The third kappa shape index (κ3) is 1.39. The summed E-state index contributed by atoms with van der Waals surface area (Å²) >= 11 is 3.24. The fraction of sp³-hybridized carbons (Fsp3) is 0.167. The Morgan fingerprint density at radius 3 is 2.80 bits per heavy atom. The van der Waals surface area contributed by atoms with Crippen molar-refractivity contribution < 1.29 is 9.41 Å². The zero-order valence-electron chi connectivity index (χ0n) is 5.54. The predicted molar refractivity (Wildman–Crippen MR) is 41.0 cm³/mol. The molecule has 1 aromatic rings. The van der Waals surface area contributed by atoms with E-state index in [-0.39, 0.29) is 0 Å². The average Bonchev–Trinajstić information content (AvgIpc) is 1.95. The van der Waals surface area contributed by atoms with Gasteiger partial charge in [-0.2, -0.15) is 0 Å². The van der Waals surface area contributed by atoms with E-state index in [2.05, 4.69) is 15.9 Å². The third-order valence-electron chi connectivity index (χ3n) is 1.13. The number of aromatic nitrogens is 1. The number of nitrogens with two attached hydrogens (primary N) is 1. The molecule has 0 saturated carbocycles. The Labute approximate surface area is 67.5 Å². The highest BCUT2D eigenvalue weighted by Crippen LogP contribution is 2.08. The Balaban J connectivity index is 3.04. The molecular weight excluding hydrogens is 196 g/mol. The summed E-state index contributed by atoms with van der Waals surface area (Å²) in [5.74, 6) is 6.23. The van der Waals surface area contributed by atoms with Gasteiger partial charge < -0.3 is 4.74 Å². The number of nitrogen functional groups attached to an aromatic ring is 1. The summed E-state index contributed by atoms with van der Waals surface area (Å²) in [6.07, 6.45) is 1.68. The Hall–Kier alpha value is -0.770. The van der Waals surface area contributed by atoms with Gasteiger partial charge in [-0.15, -0.1) is 0 Å². The predicted octanol–water partition coefficient (Wildman–Crippen LogP) is 0.459. The highest BCUT2D eigenvalue weighted by Gasteiger charge is 2.03. The fourth-order valence-corrected chi connectivity index (χ4v) is 0.834. The molecule has 54 valence electrons. The first kappa shape index (κ1) is 7.34. The maximum absolute atomic E-state index is 5.49. The van der Waals surface area contributed by atoms with Crippen LogP contribution in [0.3, 0.4) is 0 Å². The van der Waals surface area contributed by atoms with E-state index in [0.29, 0.717) is 0 Å².